The summed E-state index contributed by atoms with van der Waals surface area (Å²) in [5.41, 5.74) is 1.62. The Morgan fingerprint density at radius 1 is 1.44 bits per heavy atom. The number of aryl methyl sites for hydroxylation is 1. The Morgan fingerprint density at radius 3 is 2.88 bits per heavy atom. The number of anilines is 1. The second-order valence-electron chi connectivity index (χ2n) is 5.05. The molecule has 1 N–H and O–H groups in total. The number of ether oxygens (including phenoxy) is 1. The first-order valence-electron chi connectivity index (χ1n) is 5.66. The van der Waals surface area contributed by atoms with E-state index in [1.807, 2.05) is 26.0 Å². The summed E-state index contributed by atoms with van der Waals surface area (Å²) < 4.78 is 5.60. The van der Waals surface area contributed by atoms with E-state index < -0.39 is 5.60 Å². The van der Waals surface area contributed by atoms with E-state index in [1.54, 1.807) is 0 Å². The monoisotopic (exact) mass is 221 g/mol. The zero-order valence-electron chi connectivity index (χ0n) is 10.2. The van der Waals surface area contributed by atoms with Gasteiger partial charge in [-0.1, -0.05) is 6.07 Å². The zero-order valence-corrected chi connectivity index (χ0v) is 10.2. The van der Waals surface area contributed by atoms with Crippen LogP contribution in [0.5, 0.6) is 5.75 Å². The van der Waals surface area contributed by atoms with Crippen molar-refractivity contribution in [1.29, 1.82) is 0 Å². The second kappa shape index (κ2) is 3.98. The minimum absolute atomic E-state index is 0.632. The molecular formula is C13H19NO2. The van der Waals surface area contributed by atoms with E-state index in [-0.39, 0.29) is 0 Å². The molecule has 2 rings (SSSR count). The zero-order chi connectivity index (χ0) is 11.8. The lowest BCUT2D eigenvalue weighted by Gasteiger charge is -2.35. The van der Waals surface area contributed by atoms with Gasteiger partial charge in [-0.05, 0) is 38.5 Å². The molecule has 0 aliphatic carbocycles. The van der Waals surface area contributed by atoms with Crippen molar-refractivity contribution in [2.75, 3.05) is 24.6 Å². The number of β-amino-alcohol motifs (C(OH)–C–C–N with tert-alkyl or cyclic N) is 1. The first kappa shape index (κ1) is 11.3. The van der Waals surface area contributed by atoms with Crippen LogP contribution in [-0.4, -0.2) is 30.4 Å². The first-order chi connectivity index (χ1) is 7.46. The SMILES string of the molecule is Cc1ccc2c(c1)N(CC(C)(C)O)CCO2. The van der Waals surface area contributed by atoms with E-state index in [9.17, 15) is 5.11 Å². The molecule has 0 bridgehead atoms. The molecule has 0 saturated heterocycles. The summed E-state index contributed by atoms with van der Waals surface area (Å²) in [4.78, 5) is 2.19. The molecule has 0 radical (unpaired) electrons. The molecule has 0 atom stereocenters. The molecule has 3 nitrogen and oxygen atoms in total. The van der Waals surface area contributed by atoms with Crippen molar-refractivity contribution in [3.63, 3.8) is 0 Å². The van der Waals surface area contributed by atoms with Crippen LogP contribution in [0.4, 0.5) is 5.69 Å². The van der Waals surface area contributed by atoms with Crippen molar-refractivity contribution in [2.24, 2.45) is 0 Å². The molecule has 0 unspecified atom stereocenters. The average molecular weight is 221 g/mol. The van der Waals surface area contributed by atoms with Gasteiger partial charge >= 0.3 is 0 Å². The third-order valence-electron chi connectivity index (χ3n) is 2.65. The van der Waals surface area contributed by atoms with E-state index in [2.05, 4.69) is 17.9 Å². The molecule has 3 heteroatoms. The number of fused-ring (bicyclic) bond motifs is 1. The van der Waals surface area contributed by atoms with E-state index in [1.165, 1.54) is 5.56 Å². The van der Waals surface area contributed by atoms with Gasteiger partial charge in [0.1, 0.15) is 12.4 Å². The summed E-state index contributed by atoms with van der Waals surface area (Å²) in [6.07, 6.45) is 0. The van der Waals surface area contributed by atoms with Crippen LogP contribution >= 0.6 is 0 Å². The summed E-state index contributed by atoms with van der Waals surface area (Å²) >= 11 is 0. The molecule has 0 saturated carbocycles. The van der Waals surface area contributed by atoms with Crippen molar-refractivity contribution in [3.05, 3.63) is 23.8 Å². The van der Waals surface area contributed by atoms with Crippen LogP contribution in [0.2, 0.25) is 0 Å². The summed E-state index contributed by atoms with van der Waals surface area (Å²) in [5, 5.41) is 9.88. The van der Waals surface area contributed by atoms with E-state index in [4.69, 9.17) is 4.74 Å². The number of hydrogen-bond acceptors (Lipinski definition) is 3. The fourth-order valence-electron chi connectivity index (χ4n) is 2.01. The lowest BCUT2D eigenvalue weighted by atomic mass is 10.1. The molecule has 16 heavy (non-hydrogen) atoms. The van der Waals surface area contributed by atoms with Crippen molar-refractivity contribution in [1.82, 2.24) is 0 Å². The molecule has 0 spiro atoms. The number of hydrogen-bond donors (Lipinski definition) is 1. The highest BCUT2D eigenvalue weighted by molar-refractivity contribution is 5.61. The van der Waals surface area contributed by atoms with Gasteiger partial charge < -0.3 is 14.7 Å². The Bertz CT molecular complexity index is 382. The van der Waals surface area contributed by atoms with Crippen molar-refractivity contribution < 1.29 is 9.84 Å². The Morgan fingerprint density at radius 2 is 2.19 bits per heavy atom. The summed E-state index contributed by atoms with van der Waals surface area (Å²) in [6, 6.07) is 6.16. The van der Waals surface area contributed by atoms with E-state index in [0.717, 1.165) is 18.0 Å². The maximum atomic E-state index is 9.88. The van der Waals surface area contributed by atoms with Gasteiger partial charge in [0.25, 0.3) is 0 Å². The number of nitrogens with zero attached hydrogens (tertiary/aromatic N) is 1. The van der Waals surface area contributed by atoms with E-state index >= 15 is 0 Å². The van der Waals surface area contributed by atoms with Gasteiger partial charge in [-0.25, -0.2) is 0 Å². The van der Waals surface area contributed by atoms with E-state index in [0.29, 0.717) is 13.2 Å². The van der Waals surface area contributed by atoms with Gasteiger partial charge in [0, 0.05) is 6.54 Å². The van der Waals surface area contributed by atoms with Gasteiger partial charge in [-0.3, -0.25) is 0 Å². The Balaban J connectivity index is 2.28. The van der Waals surface area contributed by atoms with Crippen molar-refractivity contribution in [3.8, 4) is 5.75 Å². The Kier molecular flexibility index (Phi) is 2.80. The summed E-state index contributed by atoms with van der Waals surface area (Å²) in [7, 11) is 0. The van der Waals surface area contributed by atoms with Crippen LogP contribution in [0.1, 0.15) is 19.4 Å². The van der Waals surface area contributed by atoms with Crippen LogP contribution in [0.3, 0.4) is 0 Å². The van der Waals surface area contributed by atoms with Crippen LogP contribution in [0.15, 0.2) is 18.2 Å². The fourth-order valence-corrected chi connectivity index (χ4v) is 2.01. The quantitative estimate of drug-likeness (QED) is 0.828. The van der Waals surface area contributed by atoms with Crippen LogP contribution in [-0.2, 0) is 0 Å². The molecule has 1 aliphatic heterocycles. The average Bonchev–Trinajstić information content (AvgIpc) is 2.17. The lowest BCUT2D eigenvalue weighted by molar-refractivity contribution is 0.0855. The number of benzene rings is 1. The lowest BCUT2D eigenvalue weighted by Crippen LogP contribution is -2.42. The smallest absolute Gasteiger partial charge is 0.142 e. The first-order valence-corrected chi connectivity index (χ1v) is 5.66. The summed E-state index contributed by atoms with van der Waals surface area (Å²) in [6.45, 7) is 7.88. The molecular weight excluding hydrogens is 202 g/mol. The van der Waals surface area contributed by atoms with Gasteiger partial charge in [-0.2, -0.15) is 0 Å². The highest BCUT2D eigenvalue weighted by Gasteiger charge is 2.23. The number of aliphatic hydroxyl groups is 1. The maximum Gasteiger partial charge on any atom is 0.142 e. The van der Waals surface area contributed by atoms with Crippen molar-refractivity contribution in [2.45, 2.75) is 26.4 Å². The molecule has 1 aromatic carbocycles. The molecule has 1 aromatic rings. The third-order valence-corrected chi connectivity index (χ3v) is 2.65. The second-order valence-corrected chi connectivity index (χ2v) is 5.05. The van der Waals surface area contributed by atoms with Gasteiger partial charge in [0.05, 0.1) is 17.8 Å². The maximum absolute atomic E-state index is 9.88. The highest BCUT2D eigenvalue weighted by atomic mass is 16.5. The van der Waals surface area contributed by atoms with Crippen molar-refractivity contribution >= 4 is 5.69 Å². The van der Waals surface area contributed by atoms with Gasteiger partial charge in [0.2, 0.25) is 0 Å². The predicted molar refractivity (Wildman–Crippen MR) is 65.2 cm³/mol. The standard InChI is InChI=1S/C13H19NO2/c1-10-4-5-12-11(8-10)14(6-7-16-12)9-13(2,3)15/h4-5,8,15H,6-7,9H2,1-3H3. The van der Waals surface area contributed by atoms with Gasteiger partial charge in [-0.15, -0.1) is 0 Å². The molecule has 88 valence electrons. The molecule has 0 fully saturated rings. The summed E-state index contributed by atoms with van der Waals surface area (Å²) in [5.74, 6) is 0.918. The fraction of sp³-hybridized carbons (Fsp3) is 0.538. The Labute approximate surface area is 96.6 Å². The molecule has 0 amide bonds. The number of rotatable bonds is 2. The Hall–Kier alpha value is -1.22. The van der Waals surface area contributed by atoms with Crippen LogP contribution < -0.4 is 9.64 Å². The van der Waals surface area contributed by atoms with Crippen LogP contribution in [0, 0.1) is 6.92 Å². The largest absolute Gasteiger partial charge is 0.490 e. The minimum Gasteiger partial charge on any atom is -0.490 e. The highest BCUT2D eigenvalue weighted by Crippen LogP contribution is 2.32. The normalized spacial score (nSPS) is 15.6. The molecule has 1 aliphatic rings. The topological polar surface area (TPSA) is 32.7 Å². The van der Waals surface area contributed by atoms with Gasteiger partial charge in [0.15, 0.2) is 0 Å². The van der Waals surface area contributed by atoms with Crippen LogP contribution in [0.25, 0.3) is 0 Å². The molecule has 1 heterocycles. The third kappa shape index (κ3) is 2.47. The molecule has 0 aromatic heterocycles. The minimum atomic E-state index is -0.682. The predicted octanol–water partition coefficient (Wildman–Crippen LogP) is 1.96.